The average Bonchev–Trinajstić information content (AvgIpc) is 2.65. The molecule has 0 aliphatic carbocycles. The van der Waals surface area contributed by atoms with Crippen molar-refractivity contribution >= 4 is 41.7 Å². The predicted octanol–water partition coefficient (Wildman–Crippen LogP) is 4.21. The first-order valence-electron chi connectivity index (χ1n) is 9.62. The predicted molar refractivity (Wildman–Crippen MR) is 126 cm³/mol. The van der Waals surface area contributed by atoms with E-state index in [1.54, 1.807) is 0 Å². The molecule has 4 nitrogen and oxygen atoms in total. The van der Waals surface area contributed by atoms with Gasteiger partial charge in [-0.15, -0.1) is 35.7 Å². The Bertz CT molecular complexity index is 504. The third kappa shape index (κ3) is 8.95. The first-order valence-corrected chi connectivity index (χ1v) is 10.5. The van der Waals surface area contributed by atoms with Crippen molar-refractivity contribution in [3.05, 3.63) is 30.3 Å². The van der Waals surface area contributed by atoms with E-state index in [1.165, 1.54) is 50.2 Å². The summed E-state index contributed by atoms with van der Waals surface area (Å²) in [5.74, 6) is 0.938. The number of hydrogen-bond donors (Lipinski definition) is 2. The molecule has 1 heterocycles. The zero-order valence-electron chi connectivity index (χ0n) is 16.4. The molecule has 1 aliphatic rings. The van der Waals surface area contributed by atoms with Gasteiger partial charge in [-0.3, -0.25) is 4.99 Å². The number of nitrogens with one attached hydrogen (secondary N) is 2. The quantitative estimate of drug-likeness (QED) is 0.248. The Labute approximate surface area is 181 Å². The molecule has 148 valence electrons. The lowest BCUT2D eigenvalue weighted by molar-refractivity contribution is 0.203. The fourth-order valence-electron chi connectivity index (χ4n) is 3.08. The van der Waals surface area contributed by atoms with Gasteiger partial charge in [-0.05, 0) is 37.9 Å². The number of thioether (sulfide) groups is 1. The zero-order chi connectivity index (χ0) is 17.9. The first kappa shape index (κ1) is 23.6. The summed E-state index contributed by atoms with van der Waals surface area (Å²) in [6.45, 7) is 9.09. The molecule has 0 bridgehead atoms. The summed E-state index contributed by atoms with van der Waals surface area (Å²) in [4.78, 5) is 8.31. The van der Waals surface area contributed by atoms with E-state index >= 15 is 0 Å². The Morgan fingerprint density at radius 2 is 1.96 bits per heavy atom. The van der Waals surface area contributed by atoms with Gasteiger partial charge >= 0.3 is 0 Å². The van der Waals surface area contributed by atoms with E-state index in [0.717, 1.165) is 12.5 Å². The molecule has 2 rings (SSSR count). The van der Waals surface area contributed by atoms with Crippen LogP contribution in [0.4, 0.5) is 0 Å². The first-order chi connectivity index (χ1) is 12.2. The largest absolute Gasteiger partial charge is 0.355 e. The highest BCUT2D eigenvalue weighted by Gasteiger charge is 2.19. The minimum absolute atomic E-state index is 0. The summed E-state index contributed by atoms with van der Waals surface area (Å²) in [6.07, 6.45) is 5.02. The third-order valence-corrected chi connectivity index (χ3v) is 5.73. The molecule has 0 spiro atoms. The van der Waals surface area contributed by atoms with Crippen LogP contribution in [0, 0.1) is 0 Å². The SMILES string of the molecule is CCCCN1CCC(NC(=NC)NCC(C)Sc2ccccc2)CC1.I. The van der Waals surface area contributed by atoms with Crippen LogP contribution in [-0.2, 0) is 0 Å². The highest BCUT2D eigenvalue weighted by molar-refractivity contribution is 14.0. The second-order valence-electron chi connectivity index (χ2n) is 6.81. The monoisotopic (exact) mass is 490 g/mol. The van der Waals surface area contributed by atoms with Gasteiger partial charge in [0, 0.05) is 42.9 Å². The van der Waals surface area contributed by atoms with E-state index in [0.29, 0.717) is 11.3 Å². The molecular weight excluding hydrogens is 455 g/mol. The number of guanidine groups is 1. The second kappa shape index (κ2) is 13.7. The van der Waals surface area contributed by atoms with Crippen LogP contribution in [0.3, 0.4) is 0 Å². The van der Waals surface area contributed by atoms with Crippen molar-refractivity contribution in [2.24, 2.45) is 4.99 Å². The lowest BCUT2D eigenvalue weighted by atomic mass is 10.0. The fraction of sp³-hybridized carbons (Fsp3) is 0.650. The lowest BCUT2D eigenvalue weighted by Gasteiger charge is -2.33. The van der Waals surface area contributed by atoms with Gasteiger partial charge in [0.25, 0.3) is 0 Å². The minimum atomic E-state index is 0. The van der Waals surface area contributed by atoms with E-state index in [1.807, 2.05) is 18.8 Å². The summed E-state index contributed by atoms with van der Waals surface area (Å²) in [6, 6.07) is 11.1. The number of hydrogen-bond acceptors (Lipinski definition) is 3. The van der Waals surface area contributed by atoms with E-state index < -0.39 is 0 Å². The fourth-order valence-corrected chi connectivity index (χ4v) is 4.03. The molecule has 6 heteroatoms. The van der Waals surface area contributed by atoms with Gasteiger partial charge in [-0.1, -0.05) is 38.5 Å². The van der Waals surface area contributed by atoms with Crippen LogP contribution in [0.25, 0.3) is 0 Å². The topological polar surface area (TPSA) is 39.7 Å². The van der Waals surface area contributed by atoms with Crippen LogP contribution in [-0.4, -0.2) is 55.4 Å². The average molecular weight is 490 g/mol. The number of nitrogens with zero attached hydrogens (tertiary/aromatic N) is 2. The highest BCUT2D eigenvalue weighted by atomic mass is 127. The Morgan fingerprint density at radius 3 is 2.58 bits per heavy atom. The molecule has 0 saturated carbocycles. The molecule has 1 saturated heterocycles. The number of unbranched alkanes of at least 4 members (excludes halogenated alkanes) is 1. The Morgan fingerprint density at radius 1 is 1.27 bits per heavy atom. The molecular formula is C20H35IN4S. The number of rotatable bonds is 8. The molecule has 1 aromatic rings. The van der Waals surface area contributed by atoms with Gasteiger partial charge in [0.15, 0.2) is 5.96 Å². The molecule has 1 aromatic carbocycles. The molecule has 0 aromatic heterocycles. The van der Waals surface area contributed by atoms with E-state index in [-0.39, 0.29) is 24.0 Å². The van der Waals surface area contributed by atoms with E-state index in [2.05, 4.69) is 64.7 Å². The van der Waals surface area contributed by atoms with Gasteiger partial charge in [-0.2, -0.15) is 0 Å². The molecule has 0 amide bonds. The lowest BCUT2D eigenvalue weighted by Crippen LogP contribution is -2.49. The van der Waals surface area contributed by atoms with Crippen molar-refractivity contribution in [3.8, 4) is 0 Å². The maximum Gasteiger partial charge on any atom is 0.191 e. The Kier molecular flexibility index (Phi) is 12.4. The van der Waals surface area contributed by atoms with Crippen molar-refractivity contribution in [2.75, 3.05) is 33.2 Å². The van der Waals surface area contributed by atoms with E-state index in [9.17, 15) is 0 Å². The normalized spacial score (nSPS) is 17.4. The van der Waals surface area contributed by atoms with Gasteiger partial charge in [0.1, 0.15) is 0 Å². The van der Waals surface area contributed by atoms with Crippen LogP contribution in [0.2, 0.25) is 0 Å². The maximum atomic E-state index is 4.40. The molecule has 1 fully saturated rings. The minimum Gasteiger partial charge on any atom is -0.355 e. The molecule has 2 N–H and O–H groups in total. The summed E-state index contributed by atoms with van der Waals surface area (Å²) < 4.78 is 0. The van der Waals surface area contributed by atoms with Gasteiger partial charge in [0.05, 0.1) is 0 Å². The van der Waals surface area contributed by atoms with Crippen LogP contribution in [0.15, 0.2) is 40.2 Å². The van der Waals surface area contributed by atoms with Crippen LogP contribution in [0.5, 0.6) is 0 Å². The smallest absolute Gasteiger partial charge is 0.191 e. The summed E-state index contributed by atoms with van der Waals surface area (Å²) in [7, 11) is 1.86. The zero-order valence-corrected chi connectivity index (χ0v) is 19.6. The summed E-state index contributed by atoms with van der Waals surface area (Å²) in [5, 5.41) is 7.59. The van der Waals surface area contributed by atoms with E-state index in [4.69, 9.17) is 0 Å². The van der Waals surface area contributed by atoms with Gasteiger partial charge in [0.2, 0.25) is 0 Å². The maximum absolute atomic E-state index is 4.40. The molecule has 1 unspecified atom stereocenters. The number of benzene rings is 1. The van der Waals surface area contributed by atoms with Gasteiger partial charge in [-0.25, -0.2) is 0 Å². The standard InChI is InChI=1S/C20H34N4S.HI/c1-4-5-13-24-14-11-18(12-15-24)23-20(21-3)22-16-17(2)25-19-9-7-6-8-10-19;/h6-10,17-18H,4-5,11-16H2,1-3H3,(H2,21,22,23);1H. The number of likely N-dealkylation sites (tertiary alicyclic amines) is 1. The number of aliphatic imine (C=N–C) groups is 1. The Hall–Kier alpha value is -0.470. The molecule has 26 heavy (non-hydrogen) atoms. The van der Waals surface area contributed by atoms with Crippen molar-refractivity contribution < 1.29 is 0 Å². The van der Waals surface area contributed by atoms with Crippen molar-refractivity contribution in [1.82, 2.24) is 15.5 Å². The molecule has 1 atom stereocenters. The number of halogens is 1. The van der Waals surface area contributed by atoms with Crippen LogP contribution in [0.1, 0.15) is 39.5 Å². The second-order valence-corrected chi connectivity index (χ2v) is 8.32. The van der Waals surface area contributed by atoms with Crippen LogP contribution < -0.4 is 10.6 Å². The number of piperidine rings is 1. The van der Waals surface area contributed by atoms with Crippen molar-refractivity contribution in [2.45, 2.75) is 55.7 Å². The van der Waals surface area contributed by atoms with Crippen molar-refractivity contribution in [1.29, 1.82) is 0 Å². The highest BCUT2D eigenvalue weighted by Crippen LogP contribution is 2.21. The Balaban J connectivity index is 0.00000338. The molecule has 1 aliphatic heterocycles. The van der Waals surface area contributed by atoms with Gasteiger partial charge < -0.3 is 15.5 Å². The summed E-state index contributed by atoms with van der Waals surface area (Å²) >= 11 is 1.90. The molecule has 0 radical (unpaired) electrons. The van der Waals surface area contributed by atoms with Crippen molar-refractivity contribution in [3.63, 3.8) is 0 Å². The summed E-state index contributed by atoms with van der Waals surface area (Å²) in [5.41, 5.74) is 0. The van der Waals surface area contributed by atoms with Crippen LogP contribution >= 0.6 is 35.7 Å². The third-order valence-electron chi connectivity index (χ3n) is 4.62.